The molecule has 0 spiro atoms. The Morgan fingerprint density at radius 3 is 2.45 bits per heavy atom. The Bertz CT molecular complexity index is 1440. The second kappa shape index (κ2) is 12.7. The molecule has 2 aromatic heterocycles. The molecule has 0 saturated carbocycles. The first-order chi connectivity index (χ1) is 18.4. The molecule has 0 saturated heterocycles. The van der Waals surface area contributed by atoms with Gasteiger partial charge in [0.1, 0.15) is 17.7 Å². The van der Waals surface area contributed by atoms with Gasteiger partial charge in [-0.1, -0.05) is 30.3 Å². The fourth-order valence-corrected chi connectivity index (χ4v) is 5.47. The molecule has 1 unspecified atom stereocenters. The monoisotopic (exact) mass is 532 g/mol. The molecule has 2 amide bonds. The number of benzene rings is 2. The highest BCUT2D eigenvalue weighted by Gasteiger charge is 2.25. The Morgan fingerprint density at radius 2 is 1.68 bits per heavy atom. The van der Waals surface area contributed by atoms with Crippen molar-refractivity contribution in [1.82, 2.24) is 31.5 Å². The first kappa shape index (κ1) is 27.3. The van der Waals surface area contributed by atoms with Crippen LogP contribution in [0.3, 0.4) is 0 Å². The van der Waals surface area contributed by atoms with Crippen molar-refractivity contribution >= 4 is 33.2 Å². The van der Waals surface area contributed by atoms with Crippen LogP contribution in [0.1, 0.15) is 60.6 Å². The van der Waals surface area contributed by atoms with Crippen molar-refractivity contribution in [1.29, 1.82) is 0 Å². The van der Waals surface area contributed by atoms with Crippen LogP contribution in [0.2, 0.25) is 0 Å². The van der Waals surface area contributed by atoms with E-state index in [9.17, 15) is 9.59 Å². The highest BCUT2D eigenvalue weighted by molar-refractivity contribution is 7.19. The van der Waals surface area contributed by atoms with Crippen LogP contribution in [0.25, 0.3) is 10.1 Å². The summed E-state index contributed by atoms with van der Waals surface area (Å²) in [5.74, 6) is 9.34. The molecule has 1 aliphatic rings. The summed E-state index contributed by atoms with van der Waals surface area (Å²) in [5, 5.41) is 7.13. The summed E-state index contributed by atoms with van der Waals surface area (Å²) in [6.07, 6.45) is 2.94. The van der Waals surface area contributed by atoms with E-state index < -0.39 is 0 Å². The maximum atomic E-state index is 12.9. The number of hydrogen-bond acceptors (Lipinski definition) is 9. The third kappa shape index (κ3) is 6.57. The fourth-order valence-electron chi connectivity index (χ4n) is 4.48. The average Bonchev–Trinajstić information content (AvgIpc) is 3.49. The molecule has 11 heteroatoms. The van der Waals surface area contributed by atoms with Gasteiger partial charge in [0, 0.05) is 28.7 Å². The molecule has 4 aromatic rings. The van der Waals surface area contributed by atoms with E-state index in [-0.39, 0.29) is 29.2 Å². The molecule has 0 aliphatic heterocycles. The smallest absolute Gasteiger partial charge is 0.270 e. The zero-order chi connectivity index (χ0) is 27.1. The van der Waals surface area contributed by atoms with Crippen molar-refractivity contribution in [3.05, 3.63) is 93.4 Å². The maximum absolute atomic E-state index is 12.9. The van der Waals surface area contributed by atoms with Crippen molar-refractivity contribution in [2.75, 3.05) is 7.05 Å². The van der Waals surface area contributed by atoms with Crippen LogP contribution in [-0.2, 0) is 19.5 Å². The van der Waals surface area contributed by atoms with Gasteiger partial charge in [-0.15, -0.1) is 11.3 Å². The van der Waals surface area contributed by atoms with Crippen LogP contribution in [0.5, 0.6) is 0 Å². The normalized spacial score (nSPS) is 13.9. The minimum absolute atomic E-state index is 0.0968. The number of carbonyl (C=O) groups is 2. The Labute approximate surface area is 225 Å². The minimum Gasteiger partial charge on any atom is -0.347 e. The van der Waals surface area contributed by atoms with E-state index in [1.807, 2.05) is 18.2 Å². The largest absolute Gasteiger partial charge is 0.347 e. The van der Waals surface area contributed by atoms with E-state index in [4.69, 9.17) is 5.84 Å². The zero-order valence-electron chi connectivity index (χ0n) is 21.4. The first-order valence-electron chi connectivity index (χ1n) is 12.2. The van der Waals surface area contributed by atoms with Gasteiger partial charge in [0.15, 0.2) is 0 Å². The van der Waals surface area contributed by atoms with Crippen LogP contribution >= 0.6 is 11.3 Å². The summed E-state index contributed by atoms with van der Waals surface area (Å²) in [5.41, 5.74) is 9.66. The van der Waals surface area contributed by atoms with Crippen LogP contribution in [0.4, 0.5) is 0 Å². The van der Waals surface area contributed by atoms with Gasteiger partial charge < -0.3 is 10.6 Å². The summed E-state index contributed by atoms with van der Waals surface area (Å²) >= 11 is 1.73. The topological polar surface area (TPSA) is 160 Å². The molecule has 2 aromatic carbocycles. The Kier molecular flexibility index (Phi) is 9.10. The molecule has 198 valence electrons. The van der Waals surface area contributed by atoms with Gasteiger partial charge in [0.05, 0.1) is 6.04 Å². The summed E-state index contributed by atoms with van der Waals surface area (Å²) in [6, 6.07) is 15.8. The molecular formula is C27H32N8O2S. The minimum atomic E-state index is -0.351. The number of carbonyl (C=O) groups excluding carboxylic acids is 2. The van der Waals surface area contributed by atoms with E-state index >= 15 is 0 Å². The standard InChI is InChI=1S/C26H26N6O2S.CH6N2/c1-15-8-19-4-2-17(10-24(19)35-15)12-28-25(33)22-11-23(30-14-29-22)26(34)32-21-7-5-18-9-16(13-31-27)3-6-20(18)21;1-3-2/h2-4,6,8-11,14,21,31H,5,7,12-13,27H2,1H3,(H,28,33)(H,32,34);3H,2H2,1H3. The van der Waals surface area contributed by atoms with Crippen molar-refractivity contribution < 1.29 is 9.59 Å². The van der Waals surface area contributed by atoms with Gasteiger partial charge in [0.25, 0.3) is 11.8 Å². The number of nitrogens with one attached hydrogen (secondary N) is 4. The third-order valence-electron chi connectivity index (χ3n) is 6.19. The lowest BCUT2D eigenvalue weighted by molar-refractivity contribution is 0.0931. The molecule has 0 bridgehead atoms. The van der Waals surface area contributed by atoms with Crippen molar-refractivity contribution in [2.24, 2.45) is 11.7 Å². The number of thiophene rings is 1. The van der Waals surface area contributed by atoms with E-state index in [0.29, 0.717) is 13.1 Å². The van der Waals surface area contributed by atoms with E-state index in [1.165, 1.54) is 32.9 Å². The molecule has 0 radical (unpaired) electrons. The Hall–Kier alpha value is -3.74. The summed E-state index contributed by atoms with van der Waals surface area (Å²) < 4.78 is 1.19. The highest BCUT2D eigenvalue weighted by atomic mass is 32.1. The molecule has 2 heterocycles. The van der Waals surface area contributed by atoms with Gasteiger partial charge in [-0.05, 0) is 66.6 Å². The third-order valence-corrected chi connectivity index (χ3v) is 7.20. The number of aryl methyl sites for hydroxylation is 2. The van der Waals surface area contributed by atoms with Crippen molar-refractivity contribution in [2.45, 2.75) is 38.9 Å². The average molecular weight is 533 g/mol. The van der Waals surface area contributed by atoms with Gasteiger partial charge in [-0.2, -0.15) is 0 Å². The van der Waals surface area contributed by atoms with E-state index in [0.717, 1.165) is 29.5 Å². The molecular weight excluding hydrogens is 500 g/mol. The predicted octanol–water partition coefficient (Wildman–Crippen LogP) is 2.39. The maximum Gasteiger partial charge on any atom is 0.270 e. The summed E-state index contributed by atoms with van der Waals surface area (Å²) in [6.45, 7) is 3.05. The molecule has 38 heavy (non-hydrogen) atoms. The van der Waals surface area contributed by atoms with Crippen LogP contribution in [-0.4, -0.2) is 28.8 Å². The van der Waals surface area contributed by atoms with Crippen LogP contribution in [0.15, 0.2) is 54.9 Å². The number of rotatable bonds is 7. The number of fused-ring (bicyclic) bond motifs is 2. The summed E-state index contributed by atoms with van der Waals surface area (Å²) in [7, 11) is 1.65. The van der Waals surface area contributed by atoms with Gasteiger partial charge in [-0.25, -0.2) is 9.97 Å². The second-order valence-corrected chi connectivity index (χ2v) is 10.3. The number of hydrogen-bond donors (Lipinski definition) is 6. The SMILES string of the molecule is CNN.Cc1cc2ccc(CNC(=O)c3cc(C(=O)NC4CCc5cc(CNN)ccc54)ncn3)cc2s1. The molecule has 0 fully saturated rings. The molecule has 1 atom stereocenters. The Morgan fingerprint density at radius 1 is 0.974 bits per heavy atom. The number of hydrazine groups is 2. The van der Waals surface area contributed by atoms with Crippen LogP contribution in [0, 0.1) is 6.92 Å². The van der Waals surface area contributed by atoms with Gasteiger partial charge >= 0.3 is 0 Å². The molecule has 8 N–H and O–H groups in total. The quantitative estimate of drug-likeness (QED) is 0.156. The van der Waals surface area contributed by atoms with Gasteiger partial charge in [0.2, 0.25) is 0 Å². The fraction of sp³-hybridized carbons (Fsp3) is 0.259. The molecule has 10 nitrogen and oxygen atoms in total. The van der Waals surface area contributed by atoms with E-state index in [2.05, 4.69) is 68.5 Å². The molecule has 5 rings (SSSR count). The Balaban J connectivity index is 0.00000107. The first-order valence-corrected chi connectivity index (χ1v) is 13.1. The van der Waals surface area contributed by atoms with Crippen molar-refractivity contribution in [3.8, 4) is 0 Å². The lowest BCUT2D eigenvalue weighted by atomic mass is 10.0. The highest BCUT2D eigenvalue weighted by Crippen LogP contribution is 2.32. The number of nitrogens with zero attached hydrogens (tertiary/aromatic N) is 2. The predicted molar refractivity (Wildman–Crippen MR) is 149 cm³/mol. The zero-order valence-corrected chi connectivity index (χ0v) is 22.2. The van der Waals surface area contributed by atoms with E-state index in [1.54, 1.807) is 18.4 Å². The molecule has 1 aliphatic carbocycles. The second-order valence-electron chi connectivity index (χ2n) is 8.97. The lowest BCUT2D eigenvalue weighted by Gasteiger charge is -2.14. The van der Waals surface area contributed by atoms with Gasteiger partial charge in [-0.3, -0.25) is 32.1 Å². The van der Waals surface area contributed by atoms with Crippen molar-refractivity contribution in [3.63, 3.8) is 0 Å². The lowest BCUT2D eigenvalue weighted by Crippen LogP contribution is -2.29. The summed E-state index contributed by atoms with van der Waals surface area (Å²) in [4.78, 5) is 35.0. The number of nitrogens with two attached hydrogens (primary N) is 2. The number of aromatic nitrogens is 2. The van der Waals surface area contributed by atoms with Crippen LogP contribution < -0.4 is 33.2 Å². The number of amides is 2.